The van der Waals surface area contributed by atoms with E-state index < -0.39 is 5.97 Å². The maximum absolute atomic E-state index is 10.7. The number of aromatic nitrogens is 2. The number of carboxylic acids is 1. The molecule has 0 amide bonds. The van der Waals surface area contributed by atoms with E-state index in [1.807, 2.05) is 31.2 Å². The van der Waals surface area contributed by atoms with Crippen molar-refractivity contribution in [2.24, 2.45) is 0 Å². The summed E-state index contributed by atoms with van der Waals surface area (Å²) in [6, 6.07) is 9.34. The van der Waals surface area contributed by atoms with Gasteiger partial charge in [-0.1, -0.05) is 17.7 Å². The first-order valence-electron chi connectivity index (χ1n) is 5.05. The van der Waals surface area contributed by atoms with Crippen molar-refractivity contribution in [1.29, 1.82) is 0 Å². The Balaban J connectivity index is 2.21. The monoisotopic (exact) mass is 229 g/mol. The maximum atomic E-state index is 10.7. The van der Waals surface area contributed by atoms with Crippen LogP contribution in [-0.2, 0) is 0 Å². The Morgan fingerprint density at radius 1 is 1.24 bits per heavy atom. The third-order valence-electron chi connectivity index (χ3n) is 2.17. The van der Waals surface area contributed by atoms with E-state index >= 15 is 0 Å². The lowest BCUT2D eigenvalue weighted by molar-refractivity contribution is 0.0683. The summed E-state index contributed by atoms with van der Waals surface area (Å²) in [5.74, 6) is -0.902. The molecule has 0 saturated heterocycles. The van der Waals surface area contributed by atoms with E-state index in [1.165, 1.54) is 6.20 Å². The molecule has 0 atom stereocenters. The Hall–Kier alpha value is -2.43. The fourth-order valence-corrected chi connectivity index (χ4v) is 1.32. The lowest BCUT2D eigenvalue weighted by Gasteiger charge is -2.05. The van der Waals surface area contributed by atoms with Crippen LogP contribution in [-0.4, -0.2) is 21.0 Å². The molecule has 0 aliphatic carbocycles. The van der Waals surface area contributed by atoms with Gasteiger partial charge in [-0.3, -0.25) is 0 Å². The number of carbonyl (C=O) groups is 1. The molecule has 2 aromatic rings. The Kier molecular flexibility index (Phi) is 3.00. The summed E-state index contributed by atoms with van der Waals surface area (Å²) in [5.41, 5.74) is 2.01. The molecule has 86 valence electrons. The summed E-state index contributed by atoms with van der Waals surface area (Å²) in [4.78, 5) is 18.2. The molecule has 17 heavy (non-hydrogen) atoms. The van der Waals surface area contributed by atoms with Gasteiger partial charge in [0.25, 0.3) is 0 Å². The largest absolute Gasteiger partial charge is 0.475 e. The van der Waals surface area contributed by atoms with Crippen molar-refractivity contribution in [3.8, 4) is 0 Å². The number of aryl methyl sites for hydroxylation is 1. The van der Waals surface area contributed by atoms with Crippen LogP contribution < -0.4 is 5.32 Å². The van der Waals surface area contributed by atoms with Crippen molar-refractivity contribution >= 4 is 17.5 Å². The highest BCUT2D eigenvalue weighted by Crippen LogP contribution is 2.14. The lowest BCUT2D eigenvalue weighted by Crippen LogP contribution is -2.05. The number of hydrogen-bond donors (Lipinski definition) is 2. The molecule has 0 aliphatic rings. The van der Waals surface area contributed by atoms with Gasteiger partial charge >= 0.3 is 5.97 Å². The molecule has 2 rings (SSSR count). The lowest BCUT2D eigenvalue weighted by atomic mass is 10.2. The molecular weight excluding hydrogens is 218 g/mol. The second kappa shape index (κ2) is 4.61. The van der Waals surface area contributed by atoms with Crippen LogP contribution in [0.2, 0.25) is 0 Å². The number of aromatic carboxylic acids is 1. The van der Waals surface area contributed by atoms with E-state index in [-0.39, 0.29) is 5.82 Å². The smallest absolute Gasteiger partial charge is 0.374 e. The molecule has 0 unspecified atom stereocenters. The molecule has 1 aromatic heterocycles. The quantitative estimate of drug-likeness (QED) is 0.844. The van der Waals surface area contributed by atoms with Crippen molar-refractivity contribution < 1.29 is 9.90 Å². The van der Waals surface area contributed by atoms with Gasteiger partial charge in [0.05, 0.1) is 0 Å². The van der Waals surface area contributed by atoms with E-state index in [9.17, 15) is 4.79 Å². The molecular formula is C12H11N3O2. The van der Waals surface area contributed by atoms with Gasteiger partial charge in [0.1, 0.15) is 5.82 Å². The molecule has 5 nitrogen and oxygen atoms in total. The highest BCUT2D eigenvalue weighted by atomic mass is 16.4. The highest BCUT2D eigenvalue weighted by Gasteiger charge is 2.06. The third kappa shape index (κ3) is 2.78. The topological polar surface area (TPSA) is 75.1 Å². The second-order valence-corrected chi connectivity index (χ2v) is 3.56. The van der Waals surface area contributed by atoms with Gasteiger partial charge in [-0.2, -0.15) is 0 Å². The molecule has 0 radical (unpaired) electrons. The molecule has 1 heterocycles. The standard InChI is InChI=1S/C12H11N3O2/c1-8-2-4-9(5-3-8)14-10-6-7-13-11(15-10)12(16)17/h2-7H,1H3,(H,16,17)(H,13,14,15). The Morgan fingerprint density at radius 2 is 1.94 bits per heavy atom. The van der Waals surface area contributed by atoms with Gasteiger partial charge in [0.15, 0.2) is 0 Å². The van der Waals surface area contributed by atoms with Crippen LogP contribution in [0.3, 0.4) is 0 Å². The predicted octanol–water partition coefficient (Wildman–Crippen LogP) is 2.23. The van der Waals surface area contributed by atoms with E-state index in [1.54, 1.807) is 6.07 Å². The SMILES string of the molecule is Cc1ccc(Nc2ccnc(C(=O)O)n2)cc1. The zero-order chi connectivity index (χ0) is 12.3. The molecule has 0 bridgehead atoms. The average Bonchev–Trinajstić information content (AvgIpc) is 2.32. The normalized spacial score (nSPS) is 9.94. The number of anilines is 2. The van der Waals surface area contributed by atoms with Crippen molar-refractivity contribution in [2.75, 3.05) is 5.32 Å². The highest BCUT2D eigenvalue weighted by molar-refractivity contribution is 5.83. The first-order valence-corrected chi connectivity index (χ1v) is 5.05. The van der Waals surface area contributed by atoms with Crippen LogP contribution in [0.15, 0.2) is 36.5 Å². The minimum Gasteiger partial charge on any atom is -0.475 e. The van der Waals surface area contributed by atoms with Crippen LogP contribution in [0.5, 0.6) is 0 Å². The van der Waals surface area contributed by atoms with Gasteiger partial charge in [-0.25, -0.2) is 14.8 Å². The van der Waals surface area contributed by atoms with E-state index in [0.717, 1.165) is 11.3 Å². The molecule has 0 saturated carbocycles. The number of carboxylic acid groups (broad SMARTS) is 1. The third-order valence-corrected chi connectivity index (χ3v) is 2.17. The molecule has 5 heteroatoms. The predicted molar refractivity (Wildman–Crippen MR) is 63.5 cm³/mol. The zero-order valence-electron chi connectivity index (χ0n) is 9.21. The van der Waals surface area contributed by atoms with Gasteiger partial charge in [0, 0.05) is 11.9 Å². The second-order valence-electron chi connectivity index (χ2n) is 3.56. The summed E-state index contributed by atoms with van der Waals surface area (Å²) in [7, 11) is 0. The minimum absolute atomic E-state index is 0.220. The van der Waals surface area contributed by atoms with Gasteiger partial charge in [0.2, 0.25) is 5.82 Å². The summed E-state index contributed by atoms with van der Waals surface area (Å²) in [6.45, 7) is 2.00. The Morgan fingerprint density at radius 3 is 2.59 bits per heavy atom. The van der Waals surface area contributed by atoms with E-state index in [4.69, 9.17) is 5.11 Å². The number of nitrogens with zero attached hydrogens (tertiary/aromatic N) is 2. The number of hydrogen-bond acceptors (Lipinski definition) is 4. The summed E-state index contributed by atoms with van der Waals surface area (Å²) >= 11 is 0. The van der Waals surface area contributed by atoms with Crippen LogP contribution in [0.1, 0.15) is 16.2 Å². The molecule has 1 aromatic carbocycles. The fourth-order valence-electron chi connectivity index (χ4n) is 1.32. The van der Waals surface area contributed by atoms with Crippen LogP contribution in [0, 0.1) is 6.92 Å². The molecule has 0 aliphatic heterocycles. The number of rotatable bonds is 3. The van der Waals surface area contributed by atoms with Crippen LogP contribution in [0.4, 0.5) is 11.5 Å². The summed E-state index contributed by atoms with van der Waals surface area (Å²) < 4.78 is 0. The zero-order valence-corrected chi connectivity index (χ0v) is 9.21. The van der Waals surface area contributed by atoms with Gasteiger partial charge in [-0.15, -0.1) is 0 Å². The number of nitrogens with one attached hydrogen (secondary N) is 1. The number of benzene rings is 1. The van der Waals surface area contributed by atoms with Crippen LogP contribution >= 0.6 is 0 Å². The summed E-state index contributed by atoms with van der Waals surface area (Å²) in [5, 5.41) is 11.8. The van der Waals surface area contributed by atoms with E-state index in [0.29, 0.717) is 5.82 Å². The van der Waals surface area contributed by atoms with Crippen molar-refractivity contribution in [1.82, 2.24) is 9.97 Å². The fraction of sp³-hybridized carbons (Fsp3) is 0.0833. The first kappa shape index (κ1) is 11.1. The molecule has 2 N–H and O–H groups in total. The van der Waals surface area contributed by atoms with Gasteiger partial charge in [-0.05, 0) is 25.1 Å². The Bertz CT molecular complexity index is 538. The summed E-state index contributed by atoms with van der Waals surface area (Å²) in [6.07, 6.45) is 1.41. The van der Waals surface area contributed by atoms with Crippen molar-refractivity contribution in [3.05, 3.63) is 47.9 Å². The van der Waals surface area contributed by atoms with Crippen molar-refractivity contribution in [2.45, 2.75) is 6.92 Å². The minimum atomic E-state index is -1.14. The molecule has 0 fully saturated rings. The average molecular weight is 229 g/mol. The Labute approximate surface area is 98.2 Å². The first-order chi connectivity index (χ1) is 8.15. The van der Waals surface area contributed by atoms with E-state index in [2.05, 4.69) is 15.3 Å². The maximum Gasteiger partial charge on any atom is 0.374 e. The van der Waals surface area contributed by atoms with Gasteiger partial charge < -0.3 is 10.4 Å². The van der Waals surface area contributed by atoms with Crippen molar-refractivity contribution in [3.63, 3.8) is 0 Å². The van der Waals surface area contributed by atoms with Crippen LogP contribution in [0.25, 0.3) is 0 Å². The molecule has 0 spiro atoms.